The van der Waals surface area contributed by atoms with Gasteiger partial charge in [0, 0.05) is 30.6 Å². The van der Waals surface area contributed by atoms with Crippen molar-refractivity contribution in [3.05, 3.63) is 22.2 Å². The van der Waals surface area contributed by atoms with Crippen LogP contribution in [-0.2, 0) is 28.7 Å². The Kier molecular flexibility index (Phi) is 6.41. The largest absolute Gasteiger partial charge is 0.459 e. The minimum Gasteiger partial charge on any atom is -0.459 e. The zero-order valence-corrected chi connectivity index (χ0v) is 21.9. The van der Waals surface area contributed by atoms with Crippen molar-refractivity contribution < 1.29 is 47.6 Å². The Morgan fingerprint density at radius 2 is 1.81 bits per heavy atom. The van der Waals surface area contributed by atoms with E-state index in [1.807, 2.05) is 0 Å². The number of hydrogen-bond acceptors (Lipinski definition) is 8. The summed E-state index contributed by atoms with van der Waals surface area (Å²) in [4.78, 5) is 48.7. The van der Waals surface area contributed by atoms with Crippen LogP contribution >= 0.6 is 15.9 Å². The number of halogens is 3. The van der Waals surface area contributed by atoms with Crippen LogP contribution in [0.3, 0.4) is 0 Å². The second kappa shape index (κ2) is 8.52. The molecular formula is C25H29BrF2O8. The molecule has 36 heavy (non-hydrogen) atoms. The van der Waals surface area contributed by atoms with Crippen molar-refractivity contribution in [1.29, 1.82) is 0 Å². The van der Waals surface area contributed by atoms with Gasteiger partial charge in [-0.3, -0.25) is 19.2 Å². The van der Waals surface area contributed by atoms with Gasteiger partial charge < -0.3 is 19.7 Å². The topological polar surface area (TPSA) is 127 Å². The lowest BCUT2D eigenvalue weighted by molar-refractivity contribution is -0.227. The first-order valence-corrected chi connectivity index (χ1v) is 12.5. The lowest BCUT2D eigenvalue weighted by atomic mass is 9.44. The Labute approximate surface area is 215 Å². The third-order valence-corrected chi connectivity index (χ3v) is 9.64. The first-order valence-electron chi connectivity index (χ1n) is 11.8. The van der Waals surface area contributed by atoms with Crippen LogP contribution in [0.25, 0.3) is 0 Å². The van der Waals surface area contributed by atoms with Crippen molar-refractivity contribution in [1.82, 2.24) is 0 Å². The van der Waals surface area contributed by atoms with E-state index in [2.05, 4.69) is 15.9 Å². The van der Waals surface area contributed by atoms with Gasteiger partial charge in [0.15, 0.2) is 23.7 Å². The highest BCUT2D eigenvalue weighted by Crippen LogP contribution is 2.70. The van der Waals surface area contributed by atoms with Gasteiger partial charge in [0.05, 0.1) is 10.6 Å². The number of allylic oxidation sites excluding steroid dienone is 4. The van der Waals surface area contributed by atoms with Gasteiger partial charge in [-0.2, -0.15) is 0 Å². The molecule has 3 fully saturated rings. The molecule has 0 aromatic rings. The zero-order valence-electron chi connectivity index (χ0n) is 20.3. The third kappa shape index (κ3) is 3.41. The van der Waals surface area contributed by atoms with Gasteiger partial charge in [-0.1, -0.05) is 13.0 Å². The standard InChI is InChI=1S/C25H29BrF2O8/c1-11(29)35-10-20(33)25(34)21(36-12(2)30)7-13-14-5-17(27)15-6-18(31)16(26)8-22(15,3)24(14,28)19(32)9-23(13,25)4/h6,8,13-14,17,19,21,32,34H,5,7,9-10H2,1-4H3/t13-,14-,17+,19-,21+,22-,23-,24-,25+/m0/s1. The SMILES string of the molecule is CC(=O)OCC(=O)[C@@]1(O)[C@H](OC(C)=O)C[C@H]2[C@@H]3C[C@@H](F)C4=CC(=O)C(Br)=C[C@]4(C)[C@@]3(F)[C@@H](O)C[C@@]21C. The molecule has 3 saturated carbocycles. The van der Waals surface area contributed by atoms with Gasteiger partial charge in [-0.05, 0) is 59.7 Å². The number of carbonyl (C=O) groups excluding carboxylic acids is 4. The van der Waals surface area contributed by atoms with Crippen molar-refractivity contribution in [3.63, 3.8) is 0 Å². The quantitative estimate of drug-likeness (QED) is 0.490. The highest BCUT2D eigenvalue weighted by atomic mass is 79.9. The van der Waals surface area contributed by atoms with Crippen LogP contribution in [0, 0.1) is 22.7 Å². The highest BCUT2D eigenvalue weighted by Gasteiger charge is 2.78. The average Bonchev–Trinajstić information content (AvgIpc) is 2.98. The molecule has 0 aromatic carbocycles. The molecule has 0 aromatic heterocycles. The van der Waals surface area contributed by atoms with E-state index in [-0.39, 0.29) is 16.5 Å². The van der Waals surface area contributed by atoms with Crippen molar-refractivity contribution in [2.24, 2.45) is 22.7 Å². The molecule has 8 nitrogen and oxygen atoms in total. The van der Waals surface area contributed by atoms with Crippen LogP contribution in [0.2, 0.25) is 0 Å². The minimum absolute atomic E-state index is 0.0384. The number of hydrogen-bond donors (Lipinski definition) is 2. The van der Waals surface area contributed by atoms with Crippen LogP contribution in [0.4, 0.5) is 8.78 Å². The molecule has 0 amide bonds. The lowest BCUT2D eigenvalue weighted by Gasteiger charge is -2.62. The maximum atomic E-state index is 17.3. The molecule has 0 saturated heterocycles. The van der Waals surface area contributed by atoms with Crippen LogP contribution in [0.15, 0.2) is 22.2 Å². The predicted molar refractivity (Wildman–Crippen MR) is 124 cm³/mol. The predicted octanol–water partition coefficient (Wildman–Crippen LogP) is 2.43. The van der Waals surface area contributed by atoms with E-state index in [1.165, 1.54) is 19.9 Å². The van der Waals surface area contributed by atoms with E-state index in [0.29, 0.717) is 0 Å². The summed E-state index contributed by atoms with van der Waals surface area (Å²) in [5.74, 6) is -5.15. The van der Waals surface area contributed by atoms with Crippen molar-refractivity contribution in [2.75, 3.05) is 6.61 Å². The molecule has 0 aliphatic heterocycles. The van der Waals surface area contributed by atoms with Gasteiger partial charge in [0.25, 0.3) is 0 Å². The molecule has 2 N–H and O–H groups in total. The summed E-state index contributed by atoms with van der Waals surface area (Å²) in [7, 11) is 0. The fraction of sp³-hybridized carbons (Fsp3) is 0.680. The molecule has 0 radical (unpaired) electrons. The molecule has 0 bridgehead atoms. The van der Waals surface area contributed by atoms with E-state index in [0.717, 1.165) is 19.9 Å². The summed E-state index contributed by atoms with van der Waals surface area (Å²) in [6.45, 7) is 4.26. The van der Waals surface area contributed by atoms with E-state index in [1.54, 1.807) is 0 Å². The number of ketones is 2. The zero-order chi connectivity index (χ0) is 27.0. The number of carbonyl (C=O) groups is 4. The Balaban J connectivity index is 1.85. The summed E-state index contributed by atoms with van der Waals surface area (Å²) >= 11 is 3.11. The molecular weight excluding hydrogens is 546 g/mol. The van der Waals surface area contributed by atoms with E-state index >= 15 is 8.78 Å². The van der Waals surface area contributed by atoms with Gasteiger partial charge in [0.1, 0.15) is 12.3 Å². The van der Waals surface area contributed by atoms with E-state index < -0.39 is 95.3 Å². The molecule has 4 aliphatic rings. The molecule has 0 spiro atoms. The highest BCUT2D eigenvalue weighted by molar-refractivity contribution is 9.12. The number of aliphatic hydroxyl groups is 2. The Morgan fingerprint density at radius 3 is 2.39 bits per heavy atom. The minimum atomic E-state index is -2.46. The summed E-state index contributed by atoms with van der Waals surface area (Å²) in [6.07, 6.45) is -3.60. The fourth-order valence-electron chi connectivity index (χ4n) is 7.36. The fourth-order valence-corrected chi connectivity index (χ4v) is 7.93. The molecule has 4 rings (SSSR count). The third-order valence-electron chi connectivity index (χ3n) is 9.02. The van der Waals surface area contributed by atoms with E-state index in [9.17, 15) is 29.4 Å². The normalized spacial score (nSPS) is 45.5. The number of fused-ring (bicyclic) bond motifs is 5. The molecule has 198 valence electrons. The summed E-state index contributed by atoms with van der Waals surface area (Å²) in [6, 6.07) is 0. The first kappa shape index (κ1) is 27.1. The Bertz CT molecular complexity index is 1110. The monoisotopic (exact) mass is 574 g/mol. The number of alkyl halides is 2. The number of Topliss-reactive ketones (excluding diaryl/α,β-unsaturated/α-hetero) is 1. The molecule has 0 heterocycles. The van der Waals surface area contributed by atoms with Crippen LogP contribution in [0.5, 0.6) is 0 Å². The smallest absolute Gasteiger partial charge is 0.303 e. The van der Waals surface area contributed by atoms with Crippen LogP contribution in [0.1, 0.15) is 47.0 Å². The number of esters is 2. The Morgan fingerprint density at radius 1 is 1.17 bits per heavy atom. The second-order valence-corrected chi connectivity index (χ2v) is 11.6. The molecule has 4 aliphatic carbocycles. The maximum absolute atomic E-state index is 17.3. The van der Waals surface area contributed by atoms with Crippen LogP contribution < -0.4 is 0 Å². The van der Waals surface area contributed by atoms with Gasteiger partial charge in [-0.25, -0.2) is 8.78 Å². The summed E-state index contributed by atoms with van der Waals surface area (Å²) < 4.78 is 43.1. The second-order valence-electron chi connectivity index (χ2n) is 10.8. The van der Waals surface area contributed by atoms with E-state index in [4.69, 9.17) is 9.47 Å². The van der Waals surface area contributed by atoms with Gasteiger partial charge in [-0.15, -0.1) is 0 Å². The van der Waals surface area contributed by atoms with Gasteiger partial charge in [0.2, 0.25) is 5.78 Å². The number of ether oxygens (including phenoxy) is 2. The number of aliphatic hydroxyl groups excluding tert-OH is 1. The maximum Gasteiger partial charge on any atom is 0.303 e. The summed E-state index contributed by atoms with van der Waals surface area (Å²) in [5.41, 5.74) is -8.21. The lowest BCUT2D eigenvalue weighted by Crippen LogP contribution is -2.71. The molecule has 9 atom stereocenters. The average molecular weight is 575 g/mol. The van der Waals surface area contributed by atoms with Crippen molar-refractivity contribution >= 4 is 39.4 Å². The summed E-state index contributed by atoms with van der Waals surface area (Å²) in [5, 5.41) is 23.2. The van der Waals surface area contributed by atoms with Crippen molar-refractivity contribution in [3.8, 4) is 0 Å². The molecule has 0 unspecified atom stereocenters. The number of rotatable bonds is 4. The van der Waals surface area contributed by atoms with Crippen LogP contribution in [-0.4, -0.2) is 70.0 Å². The Hall–Kier alpha value is -1.98. The first-order chi connectivity index (χ1) is 16.5. The van der Waals surface area contributed by atoms with Crippen molar-refractivity contribution in [2.45, 2.75) is 76.6 Å². The van der Waals surface area contributed by atoms with Gasteiger partial charge >= 0.3 is 11.9 Å². The molecule has 11 heteroatoms.